The predicted octanol–water partition coefficient (Wildman–Crippen LogP) is 1.50. The van der Waals surface area contributed by atoms with Crippen molar-refractivity contribution in [1.29, 1.82) is 0 Å². The number of hydrogen-bond acceptors (Lipinski definition) is 3. The van der Waals surface area contributed by atoms with E-state index in [1.807, 2.05) is 6.07 Å². The van der Waals surface area contributed by atoms with E-state index in [0.717, 1.165) is 26.2 Å². The molecule has 18 heavy (non-hydrogen) atoms. The Morgan fingerprint density at radius 1 is 1.06 bits per heavy atom. The summed E-state index contributed by atoms with van der Waals surface area (Å²) in [6.07, 6.45) is 0. The van der Waals surface area contributed by atoms with E-state index in [1.54, 1.807) is 0 Å². The summed E-state index contributed by atoms with van der Waals surface area (Å²) < 4.78 is 0. The first-order valence-corrected chi connectivity index (χ1v) is 6.91. The van der Waals surface area contributed by atoms with Crippen molar-refractivity contribution in [3.05, 3.63) is 35.9 Å². The molecule has 2 N–H and O–H groups in total. The minimum atomic E-state index is -0.254. The highest BCUT2D eigenvalue weighted by atomic mass is 15.3. The second-order valence-corrected chi connectivity index (χ2v) is 5.49. The van der Waals surface area contributed by atoms with Crippen molar-refractivity contribution in [2.24, 2.45) is 5.73 Å². The zero-order chi connectivity index (χ0) is 13.0. The second kappa shape index (κ2) is 5.83. The van der Waals surface area contributed by atoms with Gasteiger partial charge in [-0.1, -0.05) is 37.3 Å². The fourth-order valence-electron chi connectivity index (χ4n) is 2.64. The molecule has 1 atom stereocenters. The van der Waals surface area contributed by atoms with E-state index in [-0.39, 0.29) is 5.54 Å². The van der Waals surface area contributed by atoms with Crippen molar-refractivity contribution >= 4 is 0 Å². The van der Waals surface area contributed by atoms with E-state index in [9.17, 15) is 0 Å². The molecule has 0 bridgehead atoms. The molecule has 1 aliphatic heterocycles. The molecule has 3 nitrogen and oxygen atoms in total. The van der Waals surface area contributed by atoms with Gasteiger partial charge in [0.2, 0.25) is 0 Å². The number of likely N-dealkylation sites (N-methyl/N-ethyl adjacent to an activating group) is 1. The SMILES string of the molecule is CCN1CCN(CC(C)(N)c2ccccc2)CC1. The zero-order valence-corrected chi connectivity index (χ0v) is 11.6. The van der Waals surface area contributed by atoms with Crippen LogP contribution in [-0.4, -0.2) is 49.1 Å². The van der Waals surface area contributed by atoms with Crippen LogP contribution in [0.5, 0.6) is 0 Å². The largest absolute Gasteiger partial charge is 0.321 e. The summed E-state index contributed by atoms with van der Waals surface area (Å²) in [4.78, 5) is 4.98. The van der Waals surface area contributed by atoms with Crippen LogP contribution >= 0.6 is 0 Å². The van der Waals surface area contributed by atoms with Crippen LogP contribution < -0.4 is 5.73 Å². The summed E-state index contributed by atoms with van der Waals surface area (Å²) in [5.74, 6) is 0. The number of rotatable bonds is 4. The average molecular weight is 247 g/mol. The fraction of sp³-hybridized carbons (Fsp3) is 0.600. The quantitative estimate of drug-likeness (QED) is 0.875. The molecule has 1 saturated heterocycles. The number of nitrogens with zero attached hydrogens (tertiary/aromatic N) is 2. The maximum atomic E-state index is 6.48. The van der Waals surface area contributed by atoms with Crippen molar-refractivity contribution < 1.29 is 0 Å². The van der Waals surface area contributed by atoms with Gasteiger partial charge in [0, 0.05) is 32.7 Å². The molecule has 1 aromatic carbocycles. The van der Waals surface area contributed by atoms with Crippen LogP contribution in [0.15, 0.2) is 30.3 Å². The number of piperazine rings is 1. The highest BCUT2D eigenvalue weighted by Crippen LogP contribution is 2.19. The molecule has 0 radical (unpaired) electrons. The van der Waals surface area contributed by atoms with Gasteiger partial charge in [-0.3, -0.25) is 4.90 Å². The van der Waals surface area contributed by atoms with E-state index in [1.165, 1.54) is 18.7 Å². The van der Waals surface area contributed by atoms with Gasteiger partial charge in [0.1, 0.15) is 0 Å². The van der Waals surface area contributed by atoms with Crippen LogP contribution in [0, 0.1) is 0 Å². The Morgan fingerprint density at radius 3 is 2.17 bits per heavy atom. The molecule has 0 saturated carbocycles. The van der Waals surface area contributed by atoms with Crippen LogP contribution in [0.4, 0.5) is 0 Å². The lowest BCUT2D eigenvalue weighted by atomic mass is 9.92. The monoisotopic (exact) mass is 247 g/mol. The van der Waals surface area contributed by atoms with Gasteiger partial charge in [-0.15, -0.1) is 0 Å². The van der Waals surface area contributed by atoms with Crippen molar-refractivity contribution in [1.82, 2.24) is 9.80 Å². The highest BCUT2D eigenvalue weighted by molar-refractivity contribution is 5.23. The molecule has 1 unspecified atom stereocenters. The lowest BCUT2D eigenvalue weighted by molar-refractivity contribution is 0.117. The van der Waals surface area contributed by atoms with Gasteiger partial charge < -0.3 is 10.6 Å². The van der Waals surface area contributed by atoms with Crippen LogP contribution in [0.2, 0.25) is 0 Å². The molecule has 3 heteroatoms. The smallest absolute Gasteiger partial charge is 0.0509 e. The lowest BCUT2D eigenvalue weighted by Gasteiger charge is -2.38. The van der Waals surface area contributed by atoms with Gasteiger partial charge in [-0.05, 0) is 19.0 Å². The van der Waals surface area contributed by atoms with Crippen molar-refractivity contribution in [2.75, 3.05) is 39.3 Å². The standard InChI is InChI=1S/C15H25N3/c1-3-17-9-11-18(12-10-17)13-15(2,16)14-7-5-4-6-8-14/h4-8H,3,9-13,16H2,1-2H3. The van der Waals surface area contributed by atoms with Crippen molar-refractivity contribution in [3.63, 3.8) is 0 Å². The summed E-state index contributed by atoms with van der Waals surface area (Å²) in [6, 6.07) is 10.4. The molecular weight excluding hydrogens is 222 g/mol. The van der Waals surface area contributed by atoms with Crippen molar-refractivity contribution in [3.8, 4) is 0 Å². The highest BCUT2D eigenvalue weighted by Gasteiger charge is 2.26. The third kappa shape index (κ3) is 3.31. The van der Waals surface area contributed by atoms with Crippen LogP contribution in [0.3, 0.4) is 0 Å². The summed E-state index contributed by atoms with van der Waals surface area (Å²) in [6.45, 7) is 11.1. The van der Waals surface area contributed by atoms with E-state index in [2.05, 4.69) is 47.9 Å². The number of hydrogen-bond donors (Lipinski definition) is 1. The Hall–Kier alpha value is -0.900. The molecular formula is C15H25N3. The van der Waals surface area contributed by atoms with Crippen LogP contribution in [-0.2, 0) is 5.54 Å². The fourth-order valence-corrected chi connectivity index (χ4v) is 2.64. The summed E-state index contributed by atoms with van der Waals surface area (Å²) in [7, 11) is 0. The minimum Gasteiger partial charge on any atom is -0.321 e. The third-order valence-electron chi connectivity index (χ3n) is 3.90. The maximum Gasteiger partial charge on any atom is 0.0509 e. The van der Waals surface area contributed by atoms with E-state index >= 15 is 0 Å². The Morgan fingerprint density at radius 2 is 1.61 bits per heavy atom. The summed E-state index contributed by atoms with van der Waals surface area (Å²) in [5, 5.41) is 0. The third-order valence-corrected chi connectivity index (χ3v) is 3.90. The van der Waals surface area contributed by atoms with Gasteiger partial charge in [0.05, 0.1) is 5.54 Å². The van der Waals surface area contributed by atoms with Crippen molar-refractivity contribution in [2.45, 2.75) is 19.4 Å². The summed E-state index contributed by atoms with van der Waals surface area (Å²) in [5.41, 5.74) is 7.45. The topological polar surface area (TPSA) is 32.5 Å². The van der Waals surface area contributed by atoms with Gasteiger partial charge in [-0.2, -0.15) is 0 Å². The van der Waals surface area contributed by atoms with Crippen LogP contribution in [0.1, 0.15) is 19.4 Å². The molecule has 100 valence electrons. The first kappa shape index (κ1) is 13.5. The number of benzene rings is 1. The Balaban J connectivity index is 1.93. The molecule has 1 aliphatic rings. The predicted molar refractivity (Wildman–Crippen MR) is 76.5 cm³/mol. The Bertz CT molecular complexity index is 353. The minimum absolute atomic E-state index is 0.254. The Labute approximate surface area is 111 Å². The lowest BCUT2D eigenvalue weighted by Crippen LogP contribution is -2.52. The average Bonchev–Trinajstić information content (AvgIpc) is 2.40. The van der Waals surface area contributed by atoms with E-state index in [4.69, 9.17) is 5.73 Å². The second-order valence-electron chi connectivity index (χ2n) is 5.49. The molecule has 1 aromatic rings. The number of nitrogens with two attached hydrogens (primary N) is 1. The van der Waals surface area contributed by atoms with Gasteiger partial charge in [0.15, 0.2) is 0 Å². The molecule has 1 fully saturated rings. The molecule has 2 rings (SSSR count). The molecule has 1 heterocycles. The Kier molecular flexibility index (Phi) is 4.38. The maximum absolute atomic E-state index is 6.48. The summed E-state index contributed by atoms with van der Waals surface area (Å²) >= 11 is 0. The van der Waals surface area contributed by atoms with E-state index in [0.29, 0.717) is 0 Å². The zero-order valence-electron chi connectivity index (χ0n) is 11.6. The first-order chi connectivity index (χ1) is 8.62. The van der Waals surface area contributed by atoms with Gasteiger partial charge in [-0.25, -0.2) is 0 Å². The van der Waals surface area contributed by atoms with E-state index < -0.39 is 0 Å². The molecule has 0 spiro atoms. The van der Waals surface area contributed by atoms with Gasteiger partial charge in [0.25, 0.3) is 0 Å². The van der Waals surface area contributed by atoms with Crippen LogP contribution in [0.25, 0.3) is 0 Å². The molecule has 0 aliphatic carbocycles. The normalized spacial score (nSPS) is 21.7. The molecule has 0 aromatic heterocycles. The van der Waals surface area contributed by atoms with Gasteiger partial charge >= 0.3 is 0 Å². The molecule has 0 amide bonds. The first-order valence-electron chi connectivity index (χ1n) is 6.91.